The number of anilines is 1. The first kappa shape index (κ1) is 13.4. The molecule has 1 heterocycles. The van der Waals surface area contributed by atoms with Crippen LogP contribution >= 0.6 is 0 Å². The molecule has 1 saturated heterocycles. The summed E-state index contributed by atoms with van der Waals surface area (Å²) in [4.78, 5) is 0.331. The fraction of sp³-hybridized carbons (Fsp3) is 0.538. The third kappa shape index (κ3) is 2.12. The summed E-state index contributed by atoms with van der Waals surface area (Å²) in [5.74, 6) is 0. The summed E-state index contributed by atoms with van der Waals surface area (Å²) < 4.78 is 27.0. The summed E-state index contributed by atoms with van der Waals surface area (Å²) in [5, 5.41) is 0. The van der Waals surface area contributed by atoms with E-state index in [1.54, 1.807) is 29.4 Å². The van der Waals surface area contributed by atoms with E-state index in [1.807, 2.05) is 13.8 Å². The zero-order valence-corrected chi connectivity index (χ0v) is 11.9. The lowest BCUT2D eigenvalue weighted by atomic mass is 10.0. The van der Waals surface area contributed by atoms with Crippen molar-refractivity contribution in [2.75, 3.05) is 12.3 Å². The second-order valence-electron chi connectivity index (χ2n) is 5.52. The fourth-order valence-corrected chi connectivity index (χ4v) is 4.65. The molecule has 1 fully saturated rings. The monoisotopic (exact) mass is 268 g/mol. The number of nitrogen functional groups attached to an aromatic ring is 1. The number of benzene rings is 1. The molecular weight excluding hydrogens is 248 g/mol. The minimum absolute atomic E-state index is 0.310. The van der Waals surface area contributed by atoms with Gasteiger partial charge in [0.25, 0.3) is 0 Å². The summed E-state index contributed by atoms with van der Waals surface area (Å²) in [7, 11) is -3.45. The first-order valence-corrected chi connectivity index (χ1v) is 7.58. The van der Waals surface area contributed by atoms with E-state index < -0.39 is 10.0 Å². The van der Waals surface area contributed by atoms with Gasteiger partial charge in [0, 0.05) is 17.8 Å². The Morgan fingerprint density at radius 3 is 2.56 bits per heavy atom. The van der Waals surface area contributed by atoms with Gasteiger partial charge in [-0.3, -0.25) is 0 Å². The summed E-state index contributed by atoms with van der Waals surface area (Å²) in [5.41, 5.74) is 6.62. The van der Waals surface area contributed by atoms with Crippen LogP contribution in [0.3, 0.4) is 0 Å². The molecule has 0 unspecified atom stereocenters. The van der Waals surface area contributed by atoms with Crippen molar-refractivity contribution in [3.05, 3.63) is 23.8 Å². The van der Waals surface area contributed by atoms with Gasteiger partial charge in [0.15, 0.2) is 0 Å². The third-order valence-corrected chi connectivity index (χ3v) is 5.86. The van der Waals surface area contributed by atoms with Crippen LogP contribution in [0.25, 0.3) is 0 Å². The molecule has 0 aromatic heterocycles. The van der Waals surface area contributed by atoms with Crippen LogP contribution < -0.4 is 5.73 Å². The second kappa shape index (κ2) is 4.24. The van der Waals surface area contributed by atoms with Crippen LogP contribution in [0, 0.1) is 6.92 Å². The SMILES string of the molecule is Cc1ccc(N)cc1S(=O)(=O)N1CCCC1(C)C. The molecule has 0 aliphatic carbocycles. The van der Waals surface area contributed by atoms with Crippen molar-refractivity contribution in [3.8, 4) is 0 Å². The lowest BCUT2D eigenvalue weighted by Crippen LogP contribution is -2.42. The Labute approximate surface area is 109 Å². The van der Waals surface area contributed by atoms with Crippen LogP contribution in [-0.4, -0.2) is 24.8 Å². The molecule has 100 valence electrons. The molecule has 0 spiro atoms. The minimum Gasteiger partial charge on any atom is -0.399 e. The van der Waals surface area contributed by atoms with E-state index in [4.69, 9.17) is 5.73 Å². The Kier molecular flexibility index (Phi) is 3.15. The highest BCUT2D eigenvalue weighted by Gasteiger charge is 2.41. The van der Waals surface area contributed by atoms with Crippen LogP contribution in [0.2, 0.25) is 0 Å². The van der Waals surface area contributed by atoms with Crippen molar-refractivity contribution in [1.82, 2.24) is 4.31 Å². The highest BCUT2D eigenvalue weighted by Crippen LogP contribution is 2.35. The minimum atomic E-state index is -3.45. The van der Waals surface area contributed by atoms with E-state index in [9.17, 15) is 8.42 Å². The molecule has 18 heavy (non-hydrogen) atoms. The molecule has 2 N–H and O–H groups in total. The van der Waals surface area contributed by atoms with E-state index in [0.29, 0.717) is 17.1 Å². The van der Waals surface area contributed by atoms with Gasteiger partial charge < -0.3 is 5.73 Å². The van der Waals surface area contributed by atoms with Gasteiger partial charge in [-0.2, -0.15) is 4.31 Å². The van der Waals surface area contributed by atoms with E-state index in [2.05, 4.69) is 0 Å². The molecule has 0 amide bonds. The molecule has 5 heteroatoms. The molecular formula is C13H20N2O2S. The summed E-state index contributed by atoms with van der Waals surface area (Å²) in [6.45, 7) is 6.33. The standard InChI is InChI=1S/C13H20N2O2S/c1-10-5-6-11(14)9-12(10)18(16,17)15-8-4-7-13(15,2)3/h5-6,9H,4,7-8,14H2,1-3H3. The fourth-order valence-electron chi connectivity index (χ4n) is 2.54. The predicted octanol–water partition coefficient (Wildman–Crippen LogP) is 2.14. The molecule has 0 atom stereocenters. The number of aryl methyl sites for hydroxylation is 1. The van der Waals surface area contributed by atoms with Gasteiger partial charge in [0.2, 0.25) is 10.0 Å². The van der Waals surface area contributed by atoms with Crippen LogP contribution in [-0.2, 0) is 10.0 Å². The normalized spacial score (nSPS) is 20.2. The van der Waals surface area contributed by atoms with E-state index in [-0.39, 0.29) is 5.54 Å². The highest BCUT2D eigenvalue weighted by atomic mass is 32.2. The zero-order chi connectivity index (χ0) is 13.6. The Bertz CT molecular complexity index is 564. The largest absolute Gasteiger partial charge is 0.399 e. The molecule has 1 aliphatic rings. The predicted molar refractivity (Wildman–Crippen MR) is 72.8 cm³/mol. The number of rotatable bonds is 2. The smallest absolute Gasteiger partial charge is 0.243 e. The summed E-state index contributed by atoms with van der Waals surface area (Å²) in [6.07, 6.45) is 1.81. The van der Waals surface area contributed by atoms with Gasteiger partial charge >= 0.3 is 0 Å². The Morgan fingerprint density at radius 1 is 1.33 bits per heavy atom. The maximum absolute atomic E-state index is 12.7. The number of hydrogen-bond donors (Lipinski definition) is 1. The molecule has 0 saturated carbocycles. The van der Waals surface area contributed by atoms with Gasteiger partial charge in [-0.1, -0.05) is 6.07 Å². The lowest BCUT2D eigenvalue weighted by molar-refractivity contribution is 0.291. The second-order valence-corrected chi connectivity index (χ2v) is 7.35. The molecule has 1 aromatic rings. The van der Waals surface area contributed by atoms with Crippen molar-refractivity contribution in [1.29, 1.82) is 0 Å². The van der Waals surface area contributed by atoms with Crippen molar-refractivity contribution in [2.24, 2.45) is 0 Å². The van der Waals surface area contributed by atoms with E-state index in [0.717, 1.165) is 18.4 Å². The van der Waals surface area contributed by atoms with Crippen molar-refractivity contribution >= 4 is 15.7 Å². The first-order chi connectivity index (χ1) is 8.25. The van der Waals surface area contributed by atoms with Gasteiger partial charge in [-0.25, -0.2) is 8.42 Å². The molecule has 4 nitrogen and oxygen atoms in total. The van der Waals surface area contributed by atoms with Crippen molar-refractivity contribution in [2.45, 2.75) is 44.0 Å². The van der Waals surface area contributed by atoms with E-state index in [1.165, 1.54) is 0 Å². The van der Waals surface area contributed by atoms with Crippen molar-refractivity contribution in [3.63, 3.8) is 0 Å². The third-order valence-electron chi connectivity index (χ3n) is 3.61. The van der Waals surface area contributed by atoms with Gasteiger partial charge in [-0.05, 0) is 51.3 Å². The van der Waals surface area contributed by atoms with Crippen molar-refractivity contribution < 1.29 is 8.42 Å². The quantitative estimate of drug-likeness (QED) is 0.836. The summed E-state index contributed by atoms with van der Waals surface area (Å²) in [6, 6.07) is 5.04. The first-order valence-electron chi connectivity index (χ1n) is 6.14. The molecule has 2 rings (SSSR count). The zero-order valence-electron chi connectivity index (χ0n) is 11.1. The average Bonchev–Trinajstić information content (AvgIpc) is 2.62. The lowest BCUT2D eigenvalue weighted by Gasteiger charge is -2.31. The topological polar surface area (TPSA) is 63.4 Å². The highest BCUT2D eigenvalue weighted by molar-refractivity contribution is 7.89. The number of hydrogen-bond acceptors (Lipinski definition) is 3. The summed E-state index contributed by atoms with van der Waals surface area (Å²) >= 11 is 0. The Morgan fingerprint density at radius 2 is 2.00 bits per heavy atom. The molecule has 0 radical (unpaired) electrons. The van der Waals surface area contributed by atoms with Crippen LogP contribution in [0.4, 0.5) is 5.69 Å². The number of nitrogens with zero attached hydrogens (tertiary/aromatic N) is 1. The van der Waals surface area contributed by atoms with Crippen LogP contribution in [0.1, 0.15) is 32.3 Å². The van der Waals surface area contributed by atoms with Gasteiger partial charge in [0.1, 0.15) is 0 Å². The molecule has 1 aromatic carbocycles. The molecule has 1 aliphatic heterocycles. The Balaban J connectivity index is 2.52. The van der Waals surface area contributed by atoms with Crippen LogP contribution in [0.5, 0.6) is 0 Å². The number of sulfonamides is 1. The maximum Gasteiger partial charge on any atom is 0.243 e. The van der Waals surface area contributed by atoms with Gasteiger partial charge in [0.05, 0.1) is 4.90 Å². The molecule has 0 bridgehead atoms. The van der Waals surface area contributed by atoms with Crippen LogP contribution in [0.15, 0.2) is 23.1 Å². The maximum atomic E-state index is 12.7. The Hall–Kier alpha value is -1.07. The van der Waals surface area contributed by atoms with E-state index >= 15 is 0 Å². The number of nitrogens with two attached hydrogens (primary N) is 1. The average molecular weight is 268 g/mol. The van der Waals surface area contributed by atoms with Gasteiger partial charge in [-0.15, -0.1) is 0 Å².